The Hall–Kier alpha value is -0.690. The lowest BCUT2D eigenvalue weighted by molar-refractivity contribution is -0.921. The lowest BCUT2D eigenvalue weighted by atomic mass is 10.2. The second-order valence-corrected chi connectivity index (χ2v) is 6.32. The van der Waals surface area contributed by atoms with Crippen LogP contribution in [0.1, 0.15) is 60.3 Å². The monoisotopic (exact) mass is 377 g/mol. The minimum atomic E-state index is -1.21. The van der Waals surface area contributed by atoms with Gasteiger partial charge in [0.05, 0.1) is 65.2 Å². The Kier molecular flexibility index (Phi) is 21.8. The number of carboxylic acids is 1. The van der Waals surface area contributed by atoms with Gasteiger partial charge in [-0.3, -0.25) is 0 Å². The first-order chi connectivity index (χ1) is 12.5. The number of unbranched alkanes of at least 4 members (excludes halogenated alkanes) is 3. The van der Waals surface area contributed by atoms with E-state index in [0.717, 1.165) is 13.0 Å². The predicted molar refractivity (Wildman–Crippen MR) is 104 cm³/mol. The Bertz CT molecular complexity index is 278. The largest absolute Gasteiger partial charge is 0.548 e. The van der Waals surface area contributed by atoms with E-state index in [9.17, 15) is 9.90 Å². The summed E-state index contributed by atoms with van der Waals surface area (Å²) in [6.07, 6.45) is 4.81. The van der Waals surface area contributed by atoms with Gasteiger partial charge in [0, 0.05) is 6.61 Å². The molecule has 6 heteroatoms. The minimum Gasteiger partial charge on any atom is -0.548 e. The molecule has 26 heavy (non-hydrogen) atoms. The lowest BCUT2D eigenvalue weighted by Gasteiger charge is -2.34. The summed E-state index contributed by atoms with van der Waals surface area (Å²) in [6, 6.07) is 0. The molecular weight excluding hydrogens is 334 g/mol. The van der Waals surface area contributed by atoms with Crippen LogP contribution in [-0.2, 0) is 19.0 Å². The summed E-state index contributed by atoms with van der Waals surface area (Å²) >= 11 is 0. The van der Waals surface area contributed by atoms with Crippen molar-refractivity contribution in [2.45, 2.75) is 60.3 Å². The van der Waals surface area contributed by atoms with Gasteiger partial charge in [-0.2, -0.15) is 0 Å². The van der Waals surface area contributed by atoms with Crippen molar-refractivity contribution in [3.63, 3.8) is 0 Å². The maximum Gasteiger partial charge on any atom is 0.0862 e. The number of hydrogen-bond acceptors (Lipinski definition) is 5. The van der Waals surface area contributed by atoms with Crippen LogP contribution in [0.3, 0.4) is 0 Å². The zero-order chi connectivity index (χ0) is 20.1. The molecule has 0 aromatic rings. The molecule has 6 nitrogen and oxygen atoms in total. The molecule has 0 aliphatic carbocycles. The van der Waals surface area contributed by atoms with Crippen molar-refractivity contribution in [2.75, 3.05) is 65.8 Å². The fraction of sp³-hybridized carbons (Fsp3) is 0.950. The number of carboxylic acid groups (broad SMARTS) is 1. The van der Waals surface area contributed by atoms with E-state index in [2.05, 4.69) is 34.6 Å². The van der Waals surface area contributed by atoms with Gasteiger partial charge in [0.1, 0.15) is 0 Å². The number of nitrogens with zero attached hydrogens (tertiary/aromatic N) is 1. The van der Waals surface area contributed by atoms with E-state index >= 15 is 0 Å². The van der Waals surface area contributed by atoms with E-state index < -0.39 is 5.97 Å². The number of aliphatic carboxylic acids is 1. The summed E-state index contributed by atoms with van der Waals surface area (Å²) in [5.74, 6) is -1.21. The van der Waals surface area contributed by atoms with E-state index in [4.69, 9.17) is 14.2 Å². The molecule has 0 fully saturated rings. The molecule has 0 N–H and O–H groups in total. The topological polar surface area (TPSA) is 67.8 Å². The average Bonchev–Trinajstić information content (AvgIpc) is 2.65. The zero-order valence-corrected chi connectivity index (χ0v) is 17.9. The van der Waals surface area contributed by atoms with Crippen LogP contribution in [0, 0.1) is 0 Å². The van der Waals surface area contributed by atoms with Crippen molar-refractivity contribution in [1.29, 1.82) is 0 Å². The summed E-state index contributed by atoms with van der Waals surface area (Å²) in [7, 11) is 0. The molecule has 0 aromatic heterocycles. The number of quaternary nitrogens is 1. The highest BCUT2D eigenvalue weighted by atomic mass is 16.5. The molecule has 0 amide bonds. The van der Waals surface area contributed by atoms with Gasteiger partial charge in [-0.1, -0.05) is 26.2 Å². The maximum absolute atomic E-state index is 9.98. The first-order valence-corrected chi connectivity index (χ1v) is 10.3. The number of hydrogen-bond donors (Lipinski definition) is 0. The van der Waals surface area contributed by atoms with Crippen molar-refractivity contribution < 1.29 is 28.6 Å². The predicted octanol–water partition coefficient (Wildman–Crippen LogP) is 2.25. The van der Waals surface area contributed by atoms with Crippen molar-refractivity contribution in [3.05, 3.63) is 0 Å². The van der Waals surface area contributed by atoms with E-state index in [1.165, 1.54) is 49.9 Å². The number of carbonyl (C=O) groups excluding carboxylic acids is 1. The Labute approximate surface area is 161 Å². The third kappa shape index (κ3) is 18.1. The fourth-order valence-corrected chi connectivity index (χ4v) is 2.57. The van der Waals surface area contributed by atoms with Gasteiger partial charge in [-0.05, 0) is 34.1 Å². The van der Waals surface area contributed by atoms with Crippen LogP contribution in [-0.4, -0.2) is 76.3 Å². The second kappa shape index (κ2) is 20.6. The molecule has 0 saturated heterocycles. The molecule has 158 valence electrons. The van der Waals surface area contributed by atoms with Crippen LogP contribution in [0.25, 0.3) is 0 Å². The molecule has 0 aromatic carbocycles. The summed E-state index contributed by atoms with van der Waals surface area (Å²) in [5.41, 5.74) is 0. The summed E-state index contributed by atoms with van der Waals surface area (Å²) in [6.45, 7) is 18.5. The van der Waals surface area contributed by atoms with Crippen LogP contribution in [0.4, 0.5) is 0 Å². The number of rotatable bonds is 17. The minimum absolute atomic E-state index is 0.268. The molecule has 0 spiro atoms. The Balaban J connectivity index is 0. The smallest absolute Gasteiger partial charge is 0.0862 e. The molecule has 0 radical (unpaired) electrons. The highest BCUT2D eigenvalue weighted by molar-refractivity contribution is 5.65. The molecule has 0 aliphatic heterocycles. The highest BCUT2D eigenvalue weighted by Gasteiger charge is 2.16. The molecule has 0 heterocycles. The molecule has 0 rings (SSSR count). The third-order valence-corrected chi connectivity index (χ3v) is 4.79. The summed E-state index contributed by atoms with van der Waals surface area (Å²) < 4.78 is 16.6. The molecule has 0 saturated carbocycles. The Morgan fingerprint density at radius 2 is 1.15 bits per heavy atom. The van der Waals surface area contributed by atoms with E-state index in [0.29, 0.717) is 19.8 Å². The molecule has 0 atom stereocenters. The number of ether oxygens (including phenoxy) is 3. The summed E-state index contributed by atoms with van der Waals surface area (Å²) in [4.78, 5) is 9.98. The average molecular weight is 378 g/mol. The molecule has 0 aliphatic rings. The third-order valence-electron chi connectivity index (χ3n) is 4.79. The van der Waals surface area contributed by atoms with Gasteiger partial charge in [-0.15, -0.1) is 0 Å². The van der Waals surface area contributed by atoms with Crippen LogP contribution in [0.2, 0.25) is 0 Å². The van der Waals surface area contributed by atoms with Gasteiger partial charge in [0.15, 0.2) is 0 Å². The number of carbonyl (C=O) groups is 1. The standard InChI is InChI=1S/C12H24O5.C8H20N/c1-2-3-4-5-6-15-7-8-16-9-10-17-11-12(13)14;1-5-9(6-2,7-3)8-4/h2-11H2,1H3,(H,13,14);5-8H2,1-4H3/q;+1/p-1. The van der Waals surface area contributed by atoms with Gasteiger partial charge in [0.2, 0.25) is 0 Å². The first kappa shape index (κ1) is 27.5. The second-order valence-electron chi connectivity index (χ2n) is 6.32. The van der Waals surface area contributed by atoms with Gasteiger partial charge in [-0.25, -0.2) is 0 Å². The first-order valence-electron chi connectivity index (χ1n) is 10.3. The molecular formula is C20H43NO5. The van der Waals surface area contributed by atoms with E-state index in [1.54, 1.807) is 0 Å². The molecule has 0 bridgehead atoms. The highest BCUT2D eigenvalue weighted by Crippen LogP contribution is 2.03. The fourth-order valence-electron chi connectivity index (χ4n) is 2.57. The lowest BCUT2D eigenvalue weighted by Crippen LogP contribution is -2.47. The SMILES string of the molecule is CCCCCCOCCOCCOCC(=O)[O-].CC[N+](CC)(CC)CC. The quantitative estimate of drug-likeness (QED) is 0.287. The van der Waals surface area contributed by atoms with E-state index in [-0.39, 0.29) is 13.2 Å². The van der Waals surface area contributed by atoms with E-state index in [1.807, 2.05) is 0 Å². The van der Waals surface area contributed by atoms with Crippen LogP contribution < -0.4 is 5.11 Å². The molecule has 0 unspecified atom stereocenters. The normalized spacial score (nSPS) is 11.1. The van der Waals surface area contributed by atoms with Crippen molar-refractivity contribution in [1.82, 2.24) is 0 Å². The van der Waals surface area contributed by atoms with Crippen LogP contribution in [0.5, 0.6) is 0 Å². The maximum atomic E-state index is 9.98. The van der Waals surface area contributed by atoms with Crippen LogP contribution >= 0.6 is 0 Å². The van der Waals surface area contributed by atoms with Gasteiger partial charge < -0.3 is 28.6 Å². The van der Waals surface area contributed by atoms with Crippen molar-refractivity contribution >= 4 is 5.97 Å². The Morgan fingerprint density at radius 1 is 0.692 bits per heavy atom. The Morgan fingerprint density at radius 3 is 1.54 bits per heavy atom. The zero-order valence-electron chi connectivity index (χ0n) is 17.9. The van der Waals surface area contributed by atoms with Gasteiger partial charge >= 0.3 is 0 Å². The van der Waals surface area contributed by atoms with Crippen LogP contribution in [0.15, 0.2) is 0 Å². The van der Waals surface area contributed by atoms with Crippen molar-refractivity contribution in [2.24, 2.45) is 0 Å². The van der Waals surface area contributed by atoms with Gasteiger partial charge in [0.25, 0.3) is 0 Å². The van der Waals surface area contributed by atoms with Crippen molar-refractivity contribution in [3.8, 4) is 0 Å². The summed E-state index contributed by atoms with van der Waals surface area (Å²) in [5, 5.41) is 9.98.